The molecule has 0 spiro atoms. The molecular formula is C12H12FN3OS. The van der Waals surface area contributed by atoms with Crippen LogP contribution in [0.25, 0.3) is 0 Å². The molecule has 3 rings (SSSR count). The second-order valence-electron chi connectivity index (χ2n) is 4.21. The van der Waals surface area contributed by atoms with Gasteiger partial charge in [0.25, 0.3) is 0 Å². The highest BCUT2D eigenvalue weighted by atomic mass is 32.1. The highest BCUT2D eigenvalue weighted by Gasteiger charge is 2.27. The molecule has 4 nitrogen and oxygen atoms in total. The molecule has 6 heteroatoms. The zero-order chi connectivity index (χ0) is 12.5. The standard InChI is InChI=1S/C12H12FN3OS/c1-17-10-6-8(4-5-9(10)13)14-12-15-11(16-18-12)7-2-3-7/h4-7H,2-3H2,1H3,(H,14,15,16). The minimum absolute atomic E-state index is 0.215. The van der Waals surface area contributed by atoms with Gasteiger partial charge in [-0.15, -0.1) is 0 Å². The minimum Gasteiger partial charge on any atom is -0.494 e. The summed E-state index contributed by atoms with van der Waals surface area (Å²) >= 11 is 1.32. The summed E-state index contributed by atoms with van der Waals surface area (Å²) in [5, 5.41) is 3.83. The van der Waals surface area contributed by atoms with Gasteiger partial charge in [0.15, 0.2) is 11.6 Å². The van der Waals surface area contributed by atoms with Gasteiger partial charge in [-0.3, -0.25) is 0 Å². The average Bonchev–Trinajstić information content (AvgIpc) is 3.13. The van der Waals surface area contributed by atoms with Crippen LogP contribution in [0.1, 0.15) is 24.6 Å². The van der Waals surface area contributed by atoms with Crippen LogP contribution in [-0.4, -0.2) is 16.5 Å². The molecule has 0 atom stereocenters. The van der Waals surface area contributed by atoms with Crippen LogP contribution in [0.4, 0.5) is 15.2 Å². The zero-order valence-corrected chi connectivity index (χ0v) is 10.6. The predicted molar refractivity (Wildman–Crippen MR) is 68.1 cm³/mol. The predicted octanol–water partition coefficient (Wildman–Crippen LogP) is 3.31. The number of hydrogen-bond acceptors (Lipinski definition) is 5. The van der Waals surface area contributed by atoms with E-state index in [0.29, 0.717) is 5.92 Å². The number of aromatic nitrogens is 2. The maximum Gasteiger partial charge on any atom is 0.207 e. The maximum absolute atomic E-state index is 13.2. The number of ether oxygens (including phenoxy) is 1. The fourth-order valence-corrected chi connectivity index (χ4v) is 2.32. The number of methoxy groups -OCH3 is 1. The van der Waals surface area contributed by atoms with Crippen LogP contribution in [0, 0.1) is 5.82 Å². The van der Waals surface area contributed by atoms with Gasteiger partial charge in [0, 0.05) is 29.2 Å². The van der Waals surface area contributed by atoms with E-state index in [1.54, 1.807) is 12.1 Å². The third-order valence-electron chi connectivity index (χ3n) is 2.79. The number of rotatable bonds is 4. The molecule has 1 aromatic carbocycles. The Morgan fingerprint density at radius 2 is 2.28 bits per heavy atom. The molecule has 1 aliphatic rings. The molecule has 1 aromatic heterocycles. The van der Waals surface area contributed by atoms with Crippen LogP contribution in [0.5, 0.6) is 5.75 Å². The van der Waals surface area contributed by atoms with Crippen LogP contribution in [0.15, 0.2) is 18.2 Å². The molecule has 0 unspecified atom stereocenters. The number of nitrogens with zero attached hydrogens (tertiary/aromatic N) is 2. The van der Waals surface area contributed by atoms with Gasteiger partial charge in [0.2, 0.25) is 5.13 Å². The van der Waals surface area contributed by atoms with E-state index in [0.717, 1.165) is 16.6 Å². The Bertz CT molecular complexity index is 568. The Kier molecular flexibility index (Phi) is 2.87. The summed E-state index contributed by atoms with van der Waals surface area (Å²) in [7, 11) is 1.44. The van der Waals surface area contributed by atoms with Gasteiger partial charge in [-0.05, 0) is 25.0 Å². The van der Waals surface area contributed by atoms with Crippen LogP contribution in [0.3, 0.4) is 0 Å². The van der Waals surface area contributed by atoms with E-state index in [1.807, 2.05) is 0 Å². The molecule has 0 saturated heterocycles. The zero-order valence-electron chi connectivity index (χ0n) is 9.81. The number of nitrogens with one attached hydrogen (secondary N) is 1. The fraction of sp³-hybridized carbons (Fsp3) is 0.333. The van der Waals surface area contributed by atoms with Crippen molar-refractivity contribution in [2.45, 2.75) is 18.8 Å². The van der Waals surface area contributed by atoms with Gasteiger partial charge in [-0.2, -0.15) is 4.37 Å². The number of anilines is 2. The first-order valence-corrected chi connectivity index (χ1v) is 6.48. The second kappa shape index (κ2) is 4.53. The van der Waals surface area contributed by atoms with Crippen molar-refractivity contribution in [2.24, 2.45) is 0 Å². The molecule has 0 radical (unpaired) electrons. The summed E-state index contributed by atoms with van der Waals surface area (Å²) in [4.78, 5) is 4.41. The molecular weight excluding hydrogens is 253 g/mol. The Hall–Kier alpha value is -1.69. The van der Waals surface area contributed by atoms with E-state index >= 15 is 0 Å². The molecule has 1 saturated carbocycles. The summed E-state index contributed by atoms with van der Waals surface area (Å²) in [6, 6.07) is 4.62. The lowest BCUT2D eigenvalue weighted by molar-refractivity contribution is 0.387. The van der Waals surface area contributed by atoms with Crippen molar-refractivity contribution in [2.75, 3.05) is 12.4 Å². The van der Waals surface area contributed by atoms with E-state index < -0.39 is 0 Å². The molecule has 2 aromatic rings. The van der Waals surface area contributed by atoms with Crippen molar-refractivity contribution >= 4 is 22.4 Å². The normalized spacial score (nSPS) is 14.6. The quantitative estimate of drug-likeness (QED) is 0.921. The molecule has 1 fully saturated rings. The minimum atomic E-state index is -0.376. The monoisotopic (exact) mass is 265 g/mol. The van der Waals surface area contributed by atoms with Crippen LogP contribution < -0.4 is 10.1 Å². The summed E-state index contributed by atoms with van der Waals surface area (Å²) in [6.45, 7) is 0. The Balaban J connectivity index is 1.78. The maximum atomic E-state index is 13.2. The molecule has 94 valence electrons. The summed E-state index contributed by atoms with van der Waals surface area (Å²) < 4.78 is 22.5. The van der Waals surface area contributed by atoms with E-state index in [-0.39, 0.29) is 11.6 Å². The lowest BCUT2D eigenvalue weighted by Crippen LogP contribution is -1.93. The largest absolute Gasteiger partial charge is 0.494 e. The van der Waals surface area contributed by atoms with Gasteiger partial charge < -0.3 is 10.1 Å². The first-order chi connectivity index (χ1) is 8.76. The third kappa shape index (κ3) is 2.28. The summed E-state index contributed by atoms with van der Waals surface area (Å²) in [5.41, 5.74) is 0.742. The molecule has 0 aliphatic heterocycles. The number of benzene rings is 1. The van der Waals surface area contributed by atoms with E-state index in [1.165, 1.54) is 37.6 Å². The molecule has 1 aliphatic carbocycles. The summed E-state index contributed by atoms with van der Waals surface area (Å²) in [5.74, 6) is 1.29. The van der Waals surface area contributed by atoms with Gasteiger partial charge in [0.1, 0.15) is 5.82 Å². The van der Waals surface area contributed by atoms with E-state index in [2.05, 4.69) is 14.7 Å². The average molecular weight is 265 g/mol. The topological polar surface area (TPSA) is 47.0 Å². The Morgan fingerprint density at radius 3 is 3.00 bits per heavy atom. The molecule has 0 amide bonds. The van der Waals surface area contributed by atoms with Crippen molar-refractivity contribution in [3.63, 3.8) is 0 Å². The van der Waals surface area contributed by atoms with E-state index in [4.69, 9.17) is 4.74 Å². The first kappa shape index (κ1) is 11.4. The van der Waals surface area contributed by atoms with Crippen LogP contribution in [0.2, 0.25) is 0 Å². The molecule has 0 bridgehead atoms. The summed E-state index contributed by atoms with van der Waals surface area (Å²) in [6.07, 6.45) is 2.36. The molecule has 18 heavy (non-hydrogen) atoms. The highest BCUT2D eigenvalue weighted by molar-refractivity contribution is 7.09. The van der Waals surface area contributed by atoms with Gasteiger partial charge >= 0.3 is 0 Å². The third-order valence-corrected chi connectivity index (χ3v) is 3.43. The van der Waals surface area contributed by atoms with E-state index in [9.17, 15) is 4.39 Å². The van der Waals surface area contributed by atoms with Crippen molar-refractivity contribution < 1.29 is 9.13 Å². The van der Waals surface area contributed by atoms with Crippen molar-refractivity contribution in [1.82, 2.24) is 9.36 Å². The van der Waals surface area contributed by atoms with Crippen molar-refractivity contribution in [3.8, 4) is 5.75 Å². The molecule has 1 heterocycles. The van der Waals surface area contributed by atoms with Gasteiger partial charge in [-0.1, -0.05) is 0 Å². The van der Waals surface area contributed by atoms with Gasteiger partial charge in [-0.25, -0.2) is 9.37 Å². The van der Waals surface area contributed by atoms with Crippen molar-refractivity contribution in [1.29, 1.82) is 0 Å². The first-order valence-electron chi connectivity index (χ1n) is 5.70. The lowest BCUT2D eigenvalue weighted by Gasteiger charge is -2.05. The fourth-order valence-electron chi connectivity index (χ4n) is 1.65. The number of hydrogen-bond donors (Lipinski definition) is 1. The van der Waals surface area contributed by atoms with Crippen LogP contribution >= 0.6 is 11.5 Å². The number of halogens is 1. The second-order valence-corrected chi connectivity index (χ2v) is 4.96. The lowest BCUT2D eigenvalue weighted by atomic mass is 10.3. The smallest absolute Gasteiger partial charge is 0.207 e. The van der Waals surface area contributed by atoms with Gasteiger partial charge in [0.05, 0.1) is 7.11 Å². The van der Waals surface area contributed by atoms with Crippen molar-refractivity contribution in [3.05, 3.63) is 29.8 Å². The Morgan fingerprint density at radius 1 is 1.44 bits per heavy atom. The SMILES string of the molecule is COc1cc(Nc2nc(C3CC3)ns2)ccc1F. The highest BCUT2D eigenvalue weighted by Crippen LogP contribution is 2.39. The molecule has 1 N–H and O–H groups in total. The Labute approximate surface area is 108 Å². The van der Waals surface area contributed by atoms with Crippen LogP contribution in [-0.2, 0) is 0 Å².